The van der Waals surface area contributed by atoms with E-state index >= 15 is 0 Å². The highest BCUT2D eigenvalue weighted by Gasteiger charge is 2.18. The first-order valence-corrected chi connectivity index (χ1v) is 9.14. The number of hydrogen-bond acceptors (Lipinski definition) is 4. The second-order valence-corrected chi connectivity index (χ2v) is 6.66. The zero-order chi connectivity index (χ0) is 19.3. The number of fused-ring (bicyclic) bond motifs is 1. The van der Waals surface area contributed by atoms with E-state index in [1.165, 1.54) is 12.4 Å². The fourth-order valence-corrected chi connectivity index (χ4v) is 3.38. The quantitative estimate of drug-likeness (QED) is 0.501. The van der Waals surface area contributed by atoms with Crippen molar-refractivity contribution >= 4 is 10.9 Å². The minimum absolute atomic E-state index is 0.0637. The van der Waals surface area contributed by atoms with E-state index in [0.29, 0.717) is 16.8 Å². The number of nitrogens with zero attached hydrogens (tertiary/aromatic N) is 2. The van der Waals surface area contributed by atoms with E-state index in [2.05, 4.69) is 25.5 Å². The molecule has 1 atom stereocenters. The highest BCUT2D eigenvalue weighted by molar-refractivity contribution is 5.83. The zero-order valence-electron chi connectivity index (χ0n) is 15.2. The lowest BCUT2D eigenvalue weighted by Crippen LogP contribution is -2.08. The van der Waals surface area contributed by atoms with Gasteiger partial charge in [0.1, 0.15) is 5.82 Å². The van der Waals surface area contributed by atoms with Crippen molar-refractivity contribution in [3.05, 3.63) is 82.9 Å². The predicted molar refractivity (Wildman–Crippen MR) is 107 cm³/mol. The first-order chi connectivity index (χ1) is 13.7. The number of H-pyrrole nitrogens is 2. The number of nitrogens with one attached hydrogen (secondary N) is 3. The summed E-state index contributed by atoms with van der Waals surface area (Å²) in [6.45, 7) is 1.93. The molecule has 0 radical (unpaired) electrons. The largest absolute Gasteiger partial charge is 0.316 e. The van der Waals surface area contributed by atoms with Crippen LogP contribution in [-0.2, 0) is 0 Å². The molecule has 28 heavy (non-hydrogen) atoms. The van der Waals surface area contributed by atoms with Crippen molar-refractivity contribution in [3.63, 3.8) is 0 Å². The summed E-state index contributed by atoms with van der Waals surface area (Å²) in [6, 6.07) is 12.6. The maximum atomic E-state index is 13.2. The van der Waals surface area contributed by atoms with Gasteiger partial charge in [0.25, 0.3) is 5.56 Å². The van der Waals surface area contributed by atoms with Gasteiger partial charge in [-0.2, -0.15) is 5.10 Å². The molecule has 0 aliphatic carbocycles. The molecule has 2 aromatic carbocycles. The Morgan fingerprint density at radius 3 is 2.75 bits per heavy atom. The van der Waals surface area contributed by atoms with Crippen molar-refractivity contribution < 1.29 is 4.39 Å². The van der Waals surface area contributed by atoms with Crippen LogP contribution in [-0.4, -0.2) is 33.3 Å². The standard InChI is InChI=1S/C11H8N4O.C10H12FN/c16-11-9-3-7(8-4-14-15-5-8)1-2-10(9)12-6-13-11;11-10-4-2-1-3-9(10)8-5-6-12-7-8/h1-6H,(H,14,15)(H,12,13,16);1-4,8,12H,5-7H2. The van der Waals surface area contributed by atoms with Gasteiger partial charge in [-0.05, 0) is 42.3 Å². The van der Waals surface area contributed by atoms with Crippen LogP contribution in [0.1, 0.15) is 17.9 Å². The van der Waals surface area contributed by atoms with Crippen LogP contribution in [0.3, 0.4) is 0 Å². The van der Waals surface area contributed by atoms with Gasteiger partial charge in [-0.3, -0.25) is 9.89 Å². The summed E-state index contributed by atoms with van der Waals surface area (Å²) in [5.41, 5.74) is 3.32. The summed E-state index contributed by atoms with van der Waals surface area (Å²) in [4.78, 5) is 18.2. The first kappa shape index (κ1) is 18.1. The van der Waals surface area contributed by atoms with Gasteiger partial charge in [0.15, 0.2) is 0 Å². The smallest absolute Gasteiger partial charge is 0.258 e. The fraction of sp³-hybridized carbons (Fsp3) is 0.190. The Bertz CT molecular complexity index is 1120. The molecule has 5 rings (SSSR count). The molecular weight excluding hydrogens is 357 g/mol. The molecule has 3 heterocycles. The molecule has 6 nitrogen and oxygen atoms in total. The van der Waals surface area contributed by atoms with E-state index in [9.17, 15) is 9.18 Å². The van der Waals surface area contributed by atoms with E-state index in [4.69, 9.17) is 0 Å². The topological polar surface area (TPSA) is 86.5 Å². The van der Waals surface area contributed by atoms with E-state index in [0.717, 1.165) is 36.2 Å². The van der Waals surface area contributed by atoms with E-state index < -0.39 is 0 Å². The highest BCUT2D eigenvalue weighted by atomic mass is 19.1. The number of aromatic nitrogens is 4. The normalized spacial score (nSPS) is 16.0. The molecule has 3 N–H and O–H groups in total. The summed E-state index contributed by atoms with van der Waals surface area (Å²) >= 11 is 0. The number of rotatable bonds is 2. The Labute approximate surface area is 160 Å². The monoisotopic (exact) mass is 377 g/mol. The molecule has 0 saturated carbocycles. The summed E-state index contributed by atoms with van der Waals surface area (Å²) in [7, 11) is 0. The third-order valence-corrected chi connectivity index (χ3v) is 4.88. The number of halogens is 1. The van der Waals surface area contributed by atoms with Gasteiger partial charge in [-0.1, -0.05) is 24.3 Å². The van der Waals surface area contributed by atoms with Crippen LogP contribution in [0.2, 0.25) is 0 Å². The Morgan fingerprint density at radius 2 is 2.00 bits per heavy atom. The van der Waals surface area contributed by atoms with Crippen LogP contribution in [0.25, 0.3) is 22.0 Å². The van der Waals surface area contributed by atoms with Gasteiger partial charge in [0, 0.05) is 24.2 Å². The van der Waals surface area contributed by atoms with Gasteiger partial charge in [-0.25, -0.2) is 9.37 Å². The maximum Gasteiger partial charge on any atom is 0.258 e. The van der Waals surface area contributed by atoms with Gasteiger partial charge in [0.2, 0.25) is 0 Å². The summed E-state index contributed by atoms with van der Waals surface area (Å²) in [5, 5.41) is 10.4. The molecule has 1 fully saturated rings. The van der Waals surface area contributed by atoms with Gasteiger partial charge < -0.3 is 10.3 Å². The van der Waals surface area contributed by atoms with Gasteiger partial charge in [-0.15, -0.1) is 0 Å². The van der Waals surface area contributed by atoms with Crippen molar-refractivity contribution in [1.29, 1.82) is 0 Å². The molecule has 1 aliphatic heterocycles. The van der Waals surface area contributed by atoms with Gasteiger partial charge >= 0.3 is 0 Å². The predicted octanol–water partition coefficient (Wildman–Crippen LogP) is 3.22. The summed E-state index contributed by atoms with van der Waals surface area (Å²) in [5.74, 6) is 0.317. The second kappa shape index (κ2) is 8.14. The van der Waals surface area contributed by atoms with Crippen LogP contribution in [0.5, 0.6) is 0 Å². The average Bonchev–Trinajstić information content (AvgIpc) is 3.43. The molecule has 0 spiro atoms. The molecule has 0 amide bonds. The Balaban J connectivity index is 0.000000143. The molecule has 1 aliphatic rings. The van der Waals surface area contributed by atoms with Crippen molar-refractivity contribution in [3.8, 4) is 11.1 Å². The van der Waals surface area contributed by atoms with Crippen LogP contribution in [0.4, 0.5) is 4.39 Å². The lowest BCUT2D eigenvalue weighted by molar-refractivity contribution is 0.588. The van der Waals surface area contributed by atoms with E-state index in [1.807, 2.05) is 30.3 Å². The first-order valence-electron chi connectivity index (χ1n) is 9.14. The van der Waals surface area contributed by atoms with Crippen molar-refractivity contribution in [1.82, 2.24) is 25.5 Å². The highest BCUT2D eigenvalue weighted by Crippen LogP contribution is 2.24. The zero-order valence-corrected chi connectivity index (χ0v) is 15.2. The van der Waals surface area contributed by atoms with Crippen molar-refractivity contribution in [2.45, 2.75) is 12.3 Å². The molecule has 1 saturated heterocycles. The minimum Gasteiger partial charge on any atom is -0.316 e. The van der Waals surface area contributed by atoms with E-state index in [1.54, 1.807) is 18.5 Å². The van der Waals surface area contributed by atoms with Crippen LogP contribution in [0.15, 0.2) is 66.0 Å². The van der Waals surface area contributed by atoms with Crippen molar-refractivity contribution in [2.24, 2.45) is 0 Å². The average molecular weight is 377 g/mol. The van der Waals surface area contributed by atoms with Crippen LogP contribution >= 0.6 is 0 Å². The molecule has 4 aromatic rings. The number of benzene rings is 2. The Kier molecular flexibility index (Phi) is 5.25. The minimum atomic E-state index is -0.129. The van der Waals surface area contributed by atoms with Crippen molar-refractivity contribution in [2.75, 3.05) is 13.1 Å². The Morgan fingerprint density at radius 1 is 1.11 bits per heavy atom. The number of aromatic amines is 2. The summed E-state index contributed by atoms with van der Waals surface area (Å²) < 4.78 is 13.2. The molecular formula is C21H20FN5O. The summed E-state index contributed by atoms with van der Waals surface area (Å²) in [6.07, 6.45) is 5.96. The molecule has 2 aromatic heterocycles. The maximum absolute atomic E-state index is 13.2. The lowest BCUT2D eigenvalue weighted by atomic mass is 9.98. The van der Waals surface area contributed by atoms with Gasteiger partial charge in [0.05, 0.1) is 23.4 Å². The van der Waals surface area contributed by atoms with Crippen LogP contribution < -0.4 is 10.9 Å². The molecule has 142 valence electrons. The SMILES string of the molecule is Fc1ccccc1C1CCNC1.O=c1[nH]cnc2ccc(-c3cn[nH]c3)cc12. The fourth-order valence-electron chi connectivity index (χ4n) is 3.38. The lowest BCUT2D eigenvalue weighted by Gasteiger charge is -2.08. The molecule has 7 heteroatoms. The third-order valence-electron chi connectivity index (χ3n) is 4.88. The number of hydrogen-bond donors (Lipinski definition) is 3. The molecule has 0 bridgehead atoms. The Hall–Kier alpha value is -3.32. The third kappa shape index (κ3) is 3.84. The molecule has 1 unspecified atom stereocenters. The van der Waals surface area contributed by atoms with Crippen LogP contribution in [0, 0.1) is 5.82 Å². The second-order valence-electron chi connectivity index (χ2n) is 6.66. The van der Waals surface area contributed by atoms with E-state index in [-0.39, 0.29) is 11.4 Å².